The Morgan fingerprint density at radius 2 is 0.600 bits per heavy atom. The highest BCUT2D eigenvalue weighted by Crippen LogP contribution is 2.65. The van der Waals surface area contributed by atoms with E-state index in [9.17, 15) is 0 Å². The number of ether oxygens (including phenoxy) is 2. The van der Waals surface area contributed by atoms with E-state index in [1.165, 1.54) is 44.5 Å². The van der Waals surface area contributed by atoms with Crippen molar-refractivity contribution in [1.29, 1.82) is 0 Å². The molecular formula is C62H39NO2. The van der Waals surface area contributed by atoms with Crippen molar-refractivity contribution in [2.24, 2.45) is 0 Å². The summed E-state index contributed by atoms with van der Waals surface area (Å²) in [7, 11) is 0. The highest BCUT2D eigenvalue weighted by atomic mass is 16.5. The van der Waals surface area contributed by atoms with E-state index in [0.29, 0.717) is 0 Å². The maximum Gasteiger partial charge on any atom is 0.132 e. The molecule has 0 unspecified atom stereocenters. The van der Waals surface area contributed by atoms with Crippen LogP contribution in [0.4, 0.5) is 17.1 Å². The predicted octanol–water partition coefficient (Wildman–Crippen LogP) is 15.8. The van der Waals surface area contributed by atoms with Crippen molar-refractivity contribution in [2.45, 2.75) is 10.8 Å². The summed E-state index contributed by atoms with van der Waals surface area (Å²) in [6.45, 7) is 0. The molecule has 0 atom stereocenters. The Morgan fingerprint density at radius 3 is 1.05 bits per heavy atom. The van der Waals surface area contributed by atoms with Gasteiger partial charge in [0.25, 0.3) is 0 Å². The van der Waals surface area contributed by atoms with Gasteiger partial charge >= 0.3 is 0 Å². The molecule has 0 saturated carbocycles. The molecule has 3 heteroatoms. The van der Waals surface area contributed by atoms with Crippen LogP contribution in [0.25, 0.3) is 33.4 Å². The highest BCUT2D eigenvalue weighted by Gasteiger charge is 2.53. The molecule has 0 aromatic heterocycles. The van der Waals surface area contributed by atoms with Crippen LogP contribution in [0.5, 0.6) is 23.0 Å². The van der Waals surface area contributed by atoms with Crippen molar-refractivity contribution in [3.05, 3.63) is 281 Å². The van der Waals surface area contributed by atoms with E-state index in [0.717, 1.165) is 73.4 Å². The molecule has 0 N–H and O–H groups in total. The fourth-order valence-corrected chi connectivity index (χ4v) is 11.9. The van der Waals surface area contributed by atoms with Crippen LogP contribution in [0.3, 0.4) is 0 Å². The van der Waals surface area contributed by atoms with E-state index in [2.05, 4.69) is 241 Å². The maximum atomic E-state index is 6.73. The molecule has 0 saturated heterocycles. The average Bonchev–Trinajstić information content (AvgIpc) is 3.82. The first-order valence-corrected chi connectivity index (χ1v) is 22.4. The van der Waals surface area contributed by atoms with Crippen LogP contribution >= 0.6 is 0 Å². The summed E-state index contributed by atoms with van der Waals surface area (Å²) in [5.74, 6) is 3.52. The summed E-state index contributed by atoms with van der Waals surface area (Å²) in [5, 5.41) is 0. The lowest BCUT2D eigenvalue weighted by atomic mass is 9.66. The van der Waals surface area contributed by atoms with Gasteiger partial charge in [0.2, 0.25) is 0 Å². The standard InChI is InChI=1S/C62H39NO2/c1-2-18-40(19-3-1)43-20-6-13-29-56(43)63(41-34-36-46-44-21-4-7-23-48(44)61(54(46)38-41)50-25-9-14-30-57(50)64-58-31-15-10-26-51(58)61)42-35-37-47-45-22-5-8-24-49(45)62(55(47)39-42)52-27-11-16-32-59(52)65-60-33-17-12-28-53(60)62/h1-39H. The Hall–Kier alpha value is -8.40. The van der Waals surface area contributed by atoms with Crippen molar-refractivity contribution in [3.63, 3.8) is 0 Å². The lowest BCUT2D eigenvalue weighted by Gasteiger charge is -2.40. The molecule has 10 aromatic carbocycles. The average molecular weight is 830 g/mol. The molecule has 0 fully saturated rings. The quantitative estimate of drug-likeness (QED) is 0.176. The molecule has 2 aliphatic heterocycles. The smallest absolute Gasteiger partial charge is 0.132 e. The minimum absolute atomic E-state index is 0.614. The summed E-state index contributed by atoms with van der Waals surface area (Å²) in [6, 6.07) is 86.2. The number of para-hydroxylation sites is 5. The maximum absolute atomic E-state index is 6.73. The zero-order valence-corrected chi connectivity index (χ0v) is 35.3. The first-order chi connectivity index (χ1) is 32.2. The van der Waals surface area contributed by atoms with Gasteiger partial charge in [0.05, 0.1) is 16.5 Å². The molecule has 10 aromatic rings. The fraction of sp³-hybridized carbons (Fsp3) is 0.0323. The second-order valence-corrected chi connectivity index (χ2v) is 17.5. The van der Waals surface area contributed by atoms with Gasteiger partial charge in [-0.05, 0) is 105 Å². The topological polar surface area (TPSA) is 21.7 Å². The van der Waals surface area contributed by atoms with Gasteiger partial charge in [0.1, 0.15) is 23.0 Å². The van der Waals surface area contributed by atoms with Gasteiger partial charge in [-0.2, -0.15) is 0 Å². The monoisotopic (exact) mass is 829 g/mol. The fourth-order valence-electron chi connectivity index (χ4n) is 11.9. The molecule has 2 spiro atoms. The van der Waals surface area contributed by atoms with Crippen LogP contribution in [-0.4, -0.2) is 0 Å². The van der Waals surface area contributed by atoms with E-state index in [4.69, 9.17) is 9.47 Å². The van der Waals surface area contributed by atoms with E-state index in [1.807, 2.05) is 0 Å². The third kappa shape index (κ3) is 4.79. The molecule has 2 aliphatic carbocycles. The van der Waals surface area contributed by atoms with Gasteiger partial charge in [-0.3, -0.25) is 0 Å². The summed E-state index contributed by atoms with van der Waals surface area (Å²) < 4.78 is 13.5. The van der Waals surface area contributed by atoms with Gasteiger partial charge in [0.15, 0.2) is 0 Å². The number of benzene rings is 10. The lowest BCUT2D eigenvalue weighted by Crippen LogP contribution is -2.32. The van der Waals surface area contributed by atoms with Crippen LogP contribution in [0.15, 0.2) is 237 Å². The zero-order chi connectivity index (χ0) is 42.7. The Bertz CT molecular complexity index is 3300. The molecule has 65 heavy (non-hydrogen) atoms. The number of nitrogens with zero attached hydrogens (tertiary/aromatic N) is 1. The van der Waals surface area contributed by atoms with E-state index >= 15 is 0 Å². The molecule has 0 radical (unpaired) electrons. The van der Waals surface area contributed by atoms with Gasteiger partial charge in [-0.25, -0.2) is 0 Å². The first kappa shape index (κ1) is 36.1. The van der Waals surface area contributed by atoms with Crippen LogP contribution in [0.1, 0.15) is 44.5 Å². The molecule has 304 valence electrons. The van der Waals surface area contributed by atoms with Crippen LogP contribution in [0, 0.1) is 0 Å². The summed E-state index contributed by atoms with van der Waals surface area (Å²) >= 11 is 0. The largest absolute Gasteiger partial charge is 0.457 e. The highest BCUT2D eigenvalue weighted by molar-refractivity contribution is 5.96. The first-order valence-electron chi connectivity index (χ1n) is 22.4. The Morgan fingerprint density at radius 1 is 0.262 bits per heavy atom. The van der Waals surface area contributed by atoms with Crippen molar-refractivity contribution in [2.75, 3.05) is 4.90 Å². The Labute approximate surface area is 378 Å². The third-order valence-corrected chi connectivity index (χ3v) is 14.4. The Balaban J connectivity index is 1.07. The third-order valence-electron chi connectivity index (χ3n) is 14.4. The molecule has 3 nitrogen and oxygen atoms in total. The second-order valence-electron chi connectivity index (χ2n) is 17.5. The van der Waals surface area contributed by atoms with E-state index in [1.54, 1.807) is 0 Å². The number of hydrogen-bond donors (Lipinski definition) is 0. The molecule has 0 amide bonds. The normalized spacial score (nSPS) is 14.3. The van der Waals surface area contributed by atoms with Crippen molar-refractivity contribution >= 4 is 17.1 Å². The van der Waals surface area contributed by atoms with Gasteiger partial charge in [-0.15, -0.1) is 0 Å². The molecule has 0 bridgehead atoms. The SMILES string of the molecule is c1ccc(-c2ccccc2N(c2ccc3c(c2)C2(c4ccccc4Oc4ccccc42)c2ccccc2-3)c2ccc3c(c2)C2(c4ccccc4Oc4ccccc42)c2ccccc2-3)cc1. The second kappa shape index (κ2) is 13.6. The predicted molar refractivity (Wildman–Crippen MR) is 261 cm³/mol. The number of fused-ring (bicyclic) bond motifs is 18. The van der Waals surface area contributed by atoms with Crippen molar-refractivity contribution < 1.29 is 9.47 Å². The van der Waals surface area contributed by atoms with E-state index in [-0.39, 0.29) is 0 Å². The van der Waals surface area contributed by atoms with Crippen molar-refractivity contribution in [1.82, 2.24) is 0 Å². The van der Waals surface area contributed by atoms with Gasteiger partial charge < -0.3 is 14.4 Å². The van der Waals surface area contributed by atoms with Crippen molar-refractivity contribution in [3.8, 4) is 56.4 Å². The number of hydrogen-bond acceptors (Lipinski definition) is 3. The van der Waals surface area contributed by atoms with Gasteiger partial charge in [-0.1, -0.05) is 182 Å². The van der Waals surface area contributed by atoms with Crippen LogP contribution in [-0.2, 0) is 10.8 Å². The number of anilines is 3. The molecule has 14 rings (SSSR count). The summed E-state index contributed by atoms with van der Waals surface area (Å²) in [6.07, 6.45) is 0. The van der Waals surface area contributed by atoms with E-state index < -0.39 is 10.8 Å². The Kier molecular flexibility index (Phi) is 7.53. The summed E-state index contributed by atoms with van der Waals surface area (Å²) in [4.78, 5) is 2.49. The molecular weight excluding hydrogens is 791 g/mol. The van der Waals surface area contributed by atoms with Crippen LogP contribution in [0.2, 0.25) is 0 Å². The lowest BCUT2D eigenvalue weighted by molar-refractivity contribution is 0.436. The zero-order valence-electron chi connectivity index (χ0n) is 35.3. The summed E-state index contributed by atoms with van der Waals surface area (Å²) in [5.41, 5.74) is 18.8. The molecule has 4 aliphatic rings. The molecule has 2 heterocycles. The minimum Gasteiger partial charge on any atom is -0.457 e. The minimum atomic E-state index is -0.614. The number of rotatable bonds is 4. The van der Waals surface area contributed by atoms with Crippen LogP contribution < -0.4 is 14.4 Å². The van der Waals surface area contributed by atoms with Gasteiger partial charge in [0, 0.05) is 39.2 Å².